The molecule has 0 saturated carbocycles. The Kier molecular flexibility index (Phi) is 1.97. The van der Waals surface area contributed by atoms with Crippen molar-refractivity contribution in [3.05, 3.63) is 59.7 Å². The third-order valence-corrected chi connectivity index (χ3v) is 3.08. The Hall–Kier alpha value is -1.82. The van der Waals surface area contributed by atoms with E-state index in [1.54, 1.807) is 0 Å². The highest BCUT2D eigenvalue weighted by atomic mass is 14.0. The van der Waals surface area contributed by atoms with Gasteiger partial charge in [0, 0.05) is 0 Å². The number of hydrogen-bond acceptors (Lipinski definition) is 0. The number of benzene rings is 3. The van der Waals surface area contributed by atoms with Crippen molar-refractivity contribution in [2.24, 2.45) is 0 Å². The zero-order valence-electron chi connectivity index (χ0n) is 9.54. The first kappa shape index (κ1) is 9.41. The first-order valence-corrected chi connectivity index (χ1v) is 5.56. The maximum Gasteiger partial charge on any atom is -0.00115 e. The zero-order chi connectivity index (χ0) is 11.1. The number of hydrogen-bond donors (Lipinski definition) is 0. The predicted octanol–water partition coefficient (Wildman–Crippen LogP) is 4.41. The molecule has 0 aromatic heterocycles. The molecule has 0 fully saturated rings. The van der Waals surface area contributed by atoms with Crippen molar-refractivity contribution in [1.82, 2.24) is 0 Å². The second-order valence-corrected chi connectivity index (χ2v) is 4.40. The molecule has 0 aliphatic rings. The van der Waals surface area contributed by atoms with Crippen LogP contribution in [-0.4, -0.2) is 0 Å². The fourth-order valence-electron chi connectivity index (χ4n) is 2.19. The molecule has 0 nitrogen and oxygen atoms in total. The van der Waals surface area contributed by atoms with Gasteiger partial charge in [-0.15, -0.1) is 0 Å². The van der Waals surface area contributed by atoms with Crippen LogP contribution < -0.4 is 0 Å². The van der Waals surface area contributed by atoms with Crippen molar-refractivity contribution in [2.75, 3.05) is 0 Å². The largest absolute Gasteiger partial charge is 0.0614 e. The summed E-state index contributed by atoms with van der Waals surface area (Å²) in [7, 11) is 0. The topological polar surface area (TPSA) is 0 Å². The third kappa shape index (κ3) is 1.38. The van der Waals surface area contributed by atoms with E-state index in [2.05, 4.69) is 62.4 Å². The number of rotatable bonds is 0. The van der Waals surface area contributed by atoms with Crippen LogP contribution in [0.4, 0.5) is 0 Å². The van der Waals surface area contributed by atoms with Gasteiger partial charge in [-0.25, -0.2) is 0 Å². The molecule has 0 aliphatic heterocycles. The molecule has 0 unspecified atom stereocenters. The smallest absolute Gasteiger partial charge is 0.00115 e. The quantitative estimate of drug-likeness (QED) is 0.477. The molecule has 77 valence electrons. The molecule has 0 heterocycles. The lowest BCUT2D eigenvalue weighted by Crippen LogP contribution is -1.81. The Balaban J connectivity index is 2.49. The monoisotopic (exact) mass is 205 g/mol. The van der Waals surface area contributed by atoms with Gasteiger partial charge >= 0.3 is 0 Å². The summed E-state index contributed by atoms with van der Waals surface area (Å²) in [6, 6.07) is 18.7. The molecular weight excluding hydrogens is 192 g/mol. The van der Waals surface area contributed by atoms with Gasteiger partial charge in [-0.1, -0.05) is 42.0 Å². The van der Waals surface area contributed by atoms with Gasteiger partial charge in [0.25, 0.3) is 0 Å². The Morgan fingerprint density at radius 2 is 1.75 bits per heavy atom. The summed E-state index contributed by atoms with van der Waals surface area (Å²) >= 11 is 0. The molecule has 0 saturated heterocycles. The summed E-state index contributed by atoms with van der Waals surface area (Å²) in [5.74, 6) is 0. The van der Waals surface area contributed by atoms with E-state index in [4.69, 9.17) is 0 Å². The van der Waals surface area contributed by atoms with Crippen molar-refractivity contribution in [3.8, 4) is 0 Å². The average molecular weight is 205 g/mol. The first-order valence-electron chi connectivity index (χ1n) is 5.56. The maximum absolute atomic E-state index is 3.52. The van der Waals surface area contributed by atoms with Crippen molar-refractivity contribution in [1.29, 1.82) is 0 Å². The molecule has 0 N–H and O–H groups in total. The van der Waals surface area contributed by atoms with Crippen molar-refractivity contribution in [3.63, 3.8) is 0 Å². The highest BCUT2D eigenvalue weighted by molar-refractivity contribution is 5.98. The predicted molar refractivity (Wildman–Crippen MR) is 69.8 cm³/mol. The summed E-state index contributed by atoms with van der Waals surface area (Å²) < 4.78 is 0. The van der Waals surface area contributed by atoms with Crippen LogP contribution in [0.2, 0.25) is 0 Å². The van der Waals surface area contributed by atoms with Crippen LogP contribution in [0.5, 0.6) is 0 Å². The first-order chi connectivity index (χ1) is 7.74. The average Bonchev–Trinajstić information content (AvgIpc) is 2.28. The SMILES string of the molecule is Cc1ccc2cc3cccc(C)c3[c]c2c1. The molecule has 3 rings (SSSR count). The number of fused-ring (bicyclic) bond motifs is 2. The van der Waals surface area contributed by atoms with E-state index >= 15 is 0 Å². The molecule has 0 spiro atoms. The van der Waals surface area contributed by atoms with Crippen LogP contribution in [0.15, 0.2) is 42.5 Å². The molecule has 3 aromatic carbocycles. The normalized spacial score (nSPS) is 11.1. The Bertz CT molecular complexity index is 678. The third-order valence-electron chi connectivity index (χ3n) is 3.08. The summed E-state index contributed by atoms with van der Waals surface area (Å²) in [5, 5.41) is 4.99. The molecule has 0 atom stereocenters. The highest BCUT2D eigenvalue weighted by Crippen LogP contribution is 2.25. The van der Waals surface area contributed by atoms with E-state index in [0.29, 0.717) is 0 Å². The summed E-state index contributed by atoms with van der Waals surface area (Å²) in [5.41, 5.74) is 2.58. The molecule has 0 heteroatoms. The van der Waals surface area contributed by atoms with Crippen molar-refractivity contribution in [2.45, 2.75) is 13.8 Å². The minimum Gasteiger partial charge on any atom is -0.0614 e. The Morgan fingerprint density at radius 3 is 2.62 bits per heavy atom. The van der Waals surface area contributed by atoms with E-state index < -0.39 is 0 Å². The Morgan fingerprint density at radius 1 is 0.875 bits per heavy atom. The lowest BCUT2D eigenvalue weighted by Gasteiger charge is -2.05. The second-order valence-electron chi connectivity index (χ2n) is 4.40. The molecule has 16 heavy (non-hydrogen) atoms. The molecule has 1 radical (unpaired) electrons. The van der Waals surface area contributed by atoms with Gasteiger partial charge in [0.2, 0.25) is 0 Å². The summed E-state index contributed by atoms with van der Waals surface area (Å²) in [6.07, 6.45) is 0. The maximum atomic E-state index is 3.52. The highest BCUT2D eigenvalue weighted by Gasteiger charge is 2.00. The van der Waals surface area contributed by atoms with Crippen LogP contribution in [0, 0.1) is 19.9 Å². The van der Waals surface area contributed by atoms with Crippen LogP contribution in [-0.2, 0) is 0 Å². The Labute approximate surface area is 95.5 Å². The van der Waals surface area contributed by atoms with Gasteiger partial charge in [0.15, 0.2) is 0 Å². The van der Waals surface area contributed by atoms with E-state index in [1.165, 1.54) is 32.7 Å². The molecular formula is C16H13. The summed E-state index contributed by atoms with van der Waals surface area (Å²) in [4.78, 5) is 0. The van der Waals surface area contributed by atoms with Gasteiger partial charge in [-0.2, -0.15) is 0 Å². The van der Waals surface area contributed by atoms with Gasteiger partial charge in [-0.3, -0.25) is 0 Å². The van der Waals surface area contributed by atoms with E-state index in [-0.39, 0.29) is 0 Å². The minimum absolute atomic E-state index is 1.21. The van der Waals surface area contributed by atoms with Crippen LogP contribution in [0.1, 0.15) is 11.1 Å². The van der Waals surface area contributed by atoms with E-state index in [1.807, 2.05) is 0 Å². The lowest BCUT2D eigenvalue weighted by atomic mass is 9.99. The van der Waals surface area contributed by atoms with Gasteiger partial charge in [0.1, 0.15) is 0 Å². The van der Waals surface area contributed by atoms with Crippen LogP contribution in [0.25, 0.3) is 21.5 Å². The van der Waals surface area contributed by atoms with Crippen molar-refractivity contribution >= 4 is 21.5 Å². The minimum atomic E-state index is 1.21. The van der Waals surface area contributed by atoms with Gasteiger partial charge in [0.05, 0.1) is 0 Å². The van der Waals surface area contributed by atoms with Crippen molar-refractivity contribution < 1.29 is 0 Å². The fraction of sp³-hybridized carbons (Fsp3) is 0.125. The van der Waals surface area contributed by atoms with Crippen LogP contribution >= 0.6 is 0 Å². The van der Waals surface area contributed by atoms with Crippen LogP contribution in [0.3, 0.4) is 0 Å². The molecule has 0 amide bonds. The van der Waals surface area contributed by atoms with E-state index in [0.717, 1.165) is 0 Å². The fourth-order valence-corrected chi connectivity index (χ4v) is 2.19. The van der Waals surface area contributed by atoms with E-state index in [9.17, 15) is 0 Å². The molecule has 3 aromatic rings. The zero-order valence-corrected chi connectivity index (χ0v) is 9.54. The molecule has 0 bridgehead atoms. The summed E-state index contributed by atoms with van der Waals surface area (Å²) in [6.45, 7) is 4.26. The lowest BCUT2D eigenvalue weighted by molar-refractivity contribution is 1.50. The van der Waals surface area contributed by atoms with Gasteiger partial charge in [-0.05, 0) is 53.1 Å². The van der Waals surface area contributed by atoms with Gasteiger partial charge < -0.3 is 0 Å². The second kappa shape index (κ2) is 3.34. The number of aryl methyl sites for hydroxylation is 2. The molecule has 0 aliphatic carbocycles. The standard InChI is InChI=1S/C16H13/c1-11-6-7-13-9-14-5-3-4-12(2)16(14)10-15(13)8-11/h3-9H,1-2H3.